The summed E-state index contributed by atoms with van der Waals surface area (Å²) in [5.74, 6) is 0.0460. The zero-order valence-corrected chi connectivity index (χ0v) is 11.7. The standard InChI is InChI=1S/C18H16N2O/c19-13-14-7-9-16(10-8-14)20-17(21)18(11-4-12-18)15-5-2-1-3-6-15/h1-3,5-10H,4,11-12H2,(H,20,21). The van der Waals surface area contributed by atoms with Crippen LogP contribution < -0.4 is 5.32 Å². The smallest absolute Gasteiger partial charge is 0.235 e. The number of amides is 1. The SMILES string of the molecule is N#Cc1ccc(NC(=O)C2(c3ccccc3)CCC2)cc1. The molecule has 0 aromatic heterocycles. The molecule has 3 heteroatoms. The van der Waals surface area contributed by atoms with Crippen LogP contribution in [0.5, 0.6) is 0 Å². The van der Waals surface area contributed by atoms with Crippen molar-refractivity contribution in [3.63, 3.8) is 0 Å². The highest BCUT2D eigenvalue weighted by atomic mass is 16.2. The number of benzene rings is 2. The largest absolute Gasteiger partial charge is 0.325 e. The highest BCUT2D eigenvalue weighted by Gasteiger charge is 2.45. The zero-order valence-electron chi connectivity index (χ0n) is 11.7. The molecule has 0 saturated heterocycles. The molecule has 1 aliphatic carbocycles. The zero-order chi connectivity index (χ0) is 14.7. The van der Waals surface area contributed by atoms with Gasteiger partial charge in [0.25, 0.3) is 0 Å². The maximum atomic E-state index is 12.7. The molecule has 2 aromatic carbocycles. The van der Waals surface area contributed by atoms with Crippen molar-refractivity contribution in [3.8, 4) is 6.07 Å². The van der Waals surface area contributed by atoms with E-state index in [9.17, 15) is 4.79 Å². The molecule has 0 atom stereocenters. The van der Waals surface area contributed by atoms with E-state index in [2.05, 4.69) is 11.4 Å². The molecule has 0 bridgehead atoms. The number of nitrogens with one attached hydrogen (secondary N) is 1. The predicted molar refractivity (Wildman–Crippen MR) is 81.8 cm³/mol. The summed E-state index contributed by atoms with van der Waals surface area (Å²) in [4.78, 5) is 12.7. The Labute approximate surface area is 124 Å². The van der Waals surface area contributed by atoms with E-state index in [1.54, 1.807) is 24.3 Å². The lowest BCUT2D eigenvalue weighted by atomic mass is 9.64. The minimum Gasteiger partial charge on any atom is -0.325 e. The summed E-state index contributed by atoms with van der Waals surface area (Å²) in [6, 6.07) is 19.0. The van der Waals surface area contributed by atoms with Gasteiger partial charge in [0.15, 0.2) is 0 Å². The number of nitriles is 1. The van der Waals surface area contributed by atoms with E-state index in [1.807, 2.05) is 30.3 Å². The first-order valence-electron chi connectivity index (χ1n) is 7.12. The molecule has 1 amide bonds. The summed E-state index contributed by atoms with van der Waals surface area (Å²) in [6.07, 6.45) is 2.86. The van der Waals surface area contributed by atoms with Crippen molar-refractivity contribution in [3.05, 3.63) is 65.7 Å². The number of anilines is 1. The molecular formula is C18H16N2O. The molecule has 3 rings (SSSR count). The van der Waals surface area contributed by atoms with Crippen molar-refractivity contribution in [2.24, 2.45) is 0 Å². The molecule has 0 heterocycles. The summed E-state index contributed by atoms with van der Waals surface area (Å²) in [5.41, 5.74) is 2.02. The first-order valence-corrected chi connectivity index (χ1v) is 7.12. The van der Waals surface area contributed by atoms with Gasteiger partial charge in [-0.2, -0.15) is 5.26 Å². The van der Waals surface area contributed by atoms with Gasteiger partial charge in [-0.05, 0) is 42.7 Å². The molecule has 1 saturated carbocycles. The summed E-state index contributed by atoms with van der Waals surface area (Å²) in [7, 11) is 0. The molecule has 2 aromatic rings. The summed E-state index contributed by atoms with van der Waals surface area (Å²) >= 11 is 0. The fraction of sp³-hybridized carbons (Fsp3) is 0.222. The molecule has 3 nitrogen and oxygen atoms in total. The second kappa shape index (κ2) is 5.41. The Morgan fingerprint density at radius 1 is 1.05 bits per heavy atom. The van der Waals surface area contributed by atoms with Gasteiger partial charge < -0.3 is 5.32 Å². The molecule has 1 aliphatic rings. The normalized spacial score (nSPS) is 15.6. The molecule has 104 valence electrons. The van der Waals surface area contributed by atoms with Crippen molar-refractivity contribution >= 4 is 11.6 Å². The van der Waals surface area contributed by atoms with E-state index >= 15 is 0 Å². The first-order chi connectivity index (χ1) is 10.2. The lowest BCUT2D eigenvalue weighted by Crippen LogP contribution is -2.45. The third-order valence-corrected chi connectivity index (χ3v) is 4.24. The average Bonchev–Trinajstić information content (AvgIpc) is 2.48. The van der Waals surface area contributed by atoms with E-state index in [0.29, 0.717) is 5.56 Å². The number of nitrogens with zero attached hydrogens (tertiary/aromatic N) is 1. The van der Waals surface area contributed by atoms with Gasteiger partial charge >= 0.3 is 0 Å². The van der Waals surface area contributed by atoms with Crippen molar-refractivity contribution in [2.75, 3.05) is 5.32 Å². The van der Waals surface area contributed by atoms with Crippen LogP contribution in [0, 0.1) is 11.3 Å². The topological polar surface area (TPSA) is 52.9 Å². The number of hydrogen-bond donors (Lipinski definition) is 1. The molecule has 1 N–H and O–H groups in total. The van der Waals surface area contributed by atoms with E-state index in [-0.39, 0.29) is 5.91 Å². The Morgan fingerprint density at radius 3 is 2.24 bits per heavy atom. The van der Waals surface area contributed by atoms with Crippen LogP contribution in [0.3, 0.4) is 0 Å². The molecular weight excluding hydrogens is 260 g/mol. The van der Waals surface area contributed by atoms with Crippen molar-refractivity contribution in [1.82, 2.24) is 0 Å². The molecule has 1 fully saturated rings. The minimum absolute atomic E-state index is 0.0460. The van der Waals surface area contributed by atoms with Crippen molar-refractivity contribution in [1.29, 1.82) is 5.26 Å². The lowest BCUT2D eigenvalue weighted by Gasteiger charge is -2.40. The number of carbonyl (C=O) groups is 1. The molecule has 21 heavy (non-hydrogen) atoms. The third kappa shape index (κ3) is 2.41. The Kier molecular flexibility index (Phi) is 3.45. The summed E-state index contributed by atoms with van der Waals surface area (Å²) < 4.78 is 0. The van der Waals surface area contributed by atoms with Crippen molar-refractivity contribution < 1.29 is 4.79 Å². The van der Waals surface area contributed by atoms with Gasteiger partial charge in [0, 0.05) is 5.69 Å². The van der Waals surface area contributed by atoms with Crippen LogP contribution in [0.25, 0.3) is 0 Å². The second-order valence-electron chi connectivity index (χ2n) is 5.44. The lowest BCUT2D eigenvalue weighted by molar-refractivity contribution is -0.124. The molecule has 0 aliphatic heterocycles. The van der Waals surface area contributed by atoms with Crippen LogP contribution in [-0.4, -0.2) is 5.91 Å². The van der Waals surface area contributed by atoms with Crippen LogP contribution in [0.1, 0.15) is 30.4 Å². The summed E-state index contributed by atoms with van der Waals surface area (Å²) in [5, 5.41) is 11.8. The van der Waals surface area contributed by atoms with Crippen LogP contribution in [-0.2, 0) is 10.2 Å². The quantitative estimate of drug-likeness (QED) is 0.930. The first kappa shape index (κ1) is 13.4. The van der Waals surface area contributed by atoms with Crippen LogP contribution in [0.4, 0.5) is 5.69 Å². The number of hydrogen-bond acceptors (Lipinski definition) is 2. The predicted octanol–water partition coefficient (Wildman–Crippen LogP) is 3.62. The Morgan fingerprint density at radius 2 is 1.71 bits per heavy atom. The van der Waals surface area contributed by atoms with Gasteiger partial charge in [-0.25, -0.2) is 0 Å². The Hall–Kier alpha value is -2.60. The van der Waals surface area contributed by atoms with E-state index in [4.69, 9.17) is 5.26 Å². The monoisotopic (exact) mass is 276 g/mol. The summed E-state index contributed by atoms with van der Waals surface area (Å²) in [6.45, 7) is 0. The maximum Gasteiger partial charge on any atom is 0.235 e. The van der Waals surface area contributed by atoms with Gasteiger partial charge in [-0.1, -0.05) is 36.8 Å². The van der Waals surface area contributed by atoms with E-state index in [1.165, 1.54) is 0 Å². The van der Waals surface area contributed by atoms with E-state index < -0.39 is 5.41 Å². The highest BCUT2D eigenvalue weighted by molar-refractivity contribution is 5.99. The Bertz CT molecular complexity index is 679. The van der Waals surface area contributed by atoms with Gasteiger partial charge in [-0.15, -0.1) is 0 Å². The minimum atomic E-state index is -0.394. The van der Waals surface area contributed by atoms with Gasteiger partial charge in [-0.3, -0.25) is 4.79 Å². The highest BCUT2D eigenvalue weighted by Crippen LogP contribution is 2.44. The van der Waals surface area contributed by atoms with Crippen molar-refractivity contribution in [2.45, 2.75) is 24.7 Å². The average molecular weight is 276 g/mol. The second-order valence-corrected chi connectivity index (χ2v) is 5.44. The molecule has 0 unspecified atom stereocenters. The van der Waals surface area contributed by atoms with Gasteiger partial charge in [0.2, 0.25) is 5.91 Å². The number of rotatable bonds is 3. The molecule has 0 spiro atoms. The van der Waals surface area contributed by atoms with Crippen LogP contribution in [0.15, 0.2) is 54.6 Å². The maximum absolute atomic E-state index is 12.7. The third-order valence-electron chi connectivity index (χ3n) is 4.24. The van der Waals surface area contributed by atoms with Crippen LogP contribution in [0.2, 0.25) is 0 Å². The van der Waals surface area contributed by atoms with Crippen LogP contribution >= 0.6 is 0 Å². The fourth-order valence-corrected chi connectivity index (χ4v) is 2.81. The van der Waals surface area contributed by atoms with Gasteiger partial charge in [0.05, 0.1) is 17.0 Å². The molecule has 0 radical (unpaired) electrons. The number of carbonyl (C=O) groups excluding carboxylic acids is 1. The van der Waals surface area contributed by atoms with Gasteiger partial charge in [0.1, 0.15) is 0 Å². The Balaban J connectivity index is 1.82. The van der Waals surface area contributed by atoms with E-state index in [0.717, 1.165) is 30.5 Å². The fourth-order valence-electron chi connectivity index (χ4n) is 2.81.